The van der Waals surface area contributed by atoms with Gasteiger partial charge in [0.05, 0.1) is 23.3 Å². The third kappa shape index (κ3) is 7.28. The Morgan fingerprint density at radius 1 is 1.11 bits per heavy atom. The first-order chi connectivity index (χ1) is 22.2. The molecule has 0 aromatic heterocycles. The number of halogens is 1. The summed E-state index contributed by atoms with van der Waals surface area (Å²) in [5, 5.41) is 24.3. The molecule has 3 atom stereocenters. The zero-order chi connectivity index (χ0) is 32.4. The van der Waals surface area contributed by atoms with Crippen LogP contribution in [0.4, 0.5) is 0 Å². The predicted octanol–water partition coefficient (Wildman–Crippen LogP) is 5.04. The molecule has 4 bridgehead atoms. The average molecular weight is 749 g/mol. The lowest BCUT2D eigenvalue weighted by Crippen LogP contribution is -2.59. The Balaban J connectivity index is 1.32. The number of nitrogens with one attached hydrogen (secondary N) is 1. The van der Waals surface area contributed by atoms with Gasteiger partial charge < -0.3 is 29.9 Å². The number of ether oxygens (including phenoxy) is 2. The molecule has 0 heterocycles. The lowest BCUT2D eigenvalue weighted by molar-refractivity contribution is -0.147. The first kappa shape index (κ1) is 33.7. The summed E-state index contributed by atoms with van der Waals surface area (Å²) in [5.74, 6) is 3.16. The lowest BCUT2D eigenvalue weighted by atomic mass is 9.49. The van der Waals surface area contributed by atoms with Crippen molar-refractivity contribution in [2.24, 2.45) is 29.1 Å². The van der Waals surface area contributed by atoms with Crippen LogP contribution < -0.4 is 14.8 Å². The molecule has 10 heteroatoms. The molecule has 252 valence electrons. The Bertz CT molecular complexity index is 1290. The van der Waals surface area contributed by atoms with Gasteiger partial charge in [-0.2, -0.15) is 0 Å². The van der Waals surface area contributed by atoms with Crippen molar-refractivity contribution in [2.45, 2.75) is 102 Å². The van der Waals surface area contributed by atoms with E-state index in [0.717, 1.165) is 49.7 Å². The van der Waals surface area contributed by atoms with Crippen LogP contribution >= 0.6 is 22.6 Å². The van der Waals surface area contributed by atoms with Gasteiger partial charge in [0.1, 0.15) is 18.5 Å². The minimum absolute atomic E-state index is 0.0531. The minimum atomic E-state index is -1.09. The molecule has 1 aromatic rings. The Hall–Kier alpha value is -2.18. The quantitative estimate of drug-likeness (QED) is 0.191. The molecule has 6 aliphatic rings. The van der Waals surface area contributed by atoms with Crippen molar-refractivity contribution < 1.29 is 34.1 Å². The number of carbonyl (C=O) groups excluding carboxylic acids is 3. The van der Waals surface area contributed by atoms with Crippen LogP contribution in [0.25, 0.3) is 0 Å². The number of aldehydes is 1. The number of carbonyl (C=O) groups is 3. The number of hydrogen-bond acceptors (Lipinski definition) is 7. The Morgan fingerprint density at radius 3 is 2.39 bits per heavy atom. The van der Waals surface area contributed by atoms with Gasteiger partial charge >= 0.3 is 0 Å². The van der Waals surface area contributed by atoms with E-state index in [1.807, 2.05) is 4.90 Å². The maximum atomic E-state index is 14.4. The summed E-state index contributed by atoms with van der Waals surface area (Å²) in [6, 6.07) is 2.62. The summed E-state index contributed by atoms with van der Waals surface area (Å²) < 4.78 is 12.7. The second-order valence-corrected chi connectivity index (χ2v) is 16.0. The third-order valence-electron chi connectivity index (χ3n) is 11.5. The van der Waals surface area contributed by atoms with Gasteiger partial charge in [0.15, 0.2) is 11.5 Å². The van der Waals surface area contributed by atoms with Crippen molar-refractivity contribution in [2.75, 3.05) is 26.8 Å². The molecule has 6 aliphatic carbocycles. The molecule has 0 radical (unpaired) electrons. The molecule has 3 unspecified atom stereocenters. The van der Waals surface area contributed by atoms with Crippen LogP contribution in [0, 0.1) is 32.7 Å². The molecule has 0 aliphatic heterocycles. The highest BCUT2D eigenvalue weighted by Gasteiger charge is 2.53. The average Bonchev–Trinajstić information content (AvgIpc) is 3.56. The van der Waals surface area contributed by atoms with Crippen molar-refractivity contribution in [1.29, 1.82) is 0 Å². The van der Waals surface area contributed by atoms with Gasteiger partial charge in [0, 0.05) is 37.1 Å². The van der Waals surface area contributed by atoms with Crippen LogP contribution in [0.1, 0.15) is 93.8 Å². The van der Waals surface area contributed by atoms with Crippen molar-refractivity contribution in [1.82, 2.24) is 10.2 Å². The monoisotopic (exact) mass is 748 g/mol. The summed E-state index contributed by atoms with van der Waals surface area (Å²) in [5.41, 5.74) is 0.911. The highest BCUT2D eigenvalue weighted by atomic mass is 127. The molecular weight excluding hydrogens is 699 g/mol. The molecule has 5 fully saturated rings. The Morgan fingerprint density at radius 2 is 1.78 bits per heavy atom. The first-order valence-corrected chi connectivity index (χ1v) is 18.4. The third-order valence-corrected chi connectivity index (χ3v) is 12.3. The van der Waals surface area contributed by atoms with Crippen LogP contribution in [0.15, 0.2) is 23.8 Å². The number of hydrogen-bond donors (Lipinski definition) is 3. The maximum Gasteiger partial charge on any atom is 0.247 e. The fourth-order valence-electron chi connectivity index (χ4n) is 9.84. The van der Waals surface area contributed by atoms with E-state index >= 15 is 0 Å². The van der Waals surface area contributed by atoms with Gasteiger partial charge in [0.2, 0.25) is 11.8 Å². The summed E-state index contributed by atoms with van der Waals surface area (Å²) in [6.45, 7) is 0.515. The van der Waals surface area contributed by atoms with Crippen molar-refractivity contribution in [3.8, 4) is 11.5 Å². The highest BCUT2D eigenvalue weighted by Crippen LogP contribution is 2.60. The van der Waals surface area contributed by atoms with Crippen LogP contribution in [0.5, 0.6) is 11.5 Å². The number of benzene rings is 1. The molecule has 5 saturated carbocycles. The van der Waals surface area contributed by atoms with Gasteiger partial charge in [-0.3, -0.25) is 14.4 Å². The van der Waals surface area contributed by atoms with E-state index in [9.17, 15) is 24.6 Å². The summed E-state index contributed by atoms with van der Waals surface area (Å²) in [4.78, 5) is 41.2. The van der Waals surface area contributed by atoms with Crippen molar-refractivity contribution >= 4 is 40.7 Å². The number of amides is 2. The van der Waals surface area contributed by atoms with E-state index in [1.165, 1.54) is 52.1 Å². The van der Waals surface area contributed by atoms with Crippen molar-refractivity contribution in [3.63, 3.8) is 0 Å². The van der Waals surface area contributed by atoms with E-state index < -0.39 is 18.2 Å². The fraction of sp³-hybridized carbons (Fsp3) is 0.694. The highest BCUT2D eigenvalue weighted by molar-refractivity contribution is 14.1. The Kier molecular flexibility index (Phi) is 10.6. The molecule has 2 amide bonds. The predicted molar refractivity (Wildman–Crippen MR) is 182 cm³/mol. The topological polar surface area (TPSA) is 125 Å². The second kappa shape index (κ2) is 14.5. The standard InChI is InChI=1S/C36H49IN2O7/c1-45-31-14-26(20-41)13-28(37)34(31)46-30-16-27(35(44)38-8-9-40)15-29(33(30)43)39(32(42)7-6-22-4-2-3-5-22)21-36-17-23-10-24(18-36)12-25(11-23)19-36/h13-14,16,20,22-25,29-30,33,40,43H,2-12,15,17-19,21H2,1H3,(H,38,44). The number of aliphatic hydroxyl groups excluding tert-OH is 2. The SMILES string of the molecule is COc1cc(C=O)cc(I)c1OC1C=C(C(=O)NCCO)CC(N(CC23CC4CC(CC(C4)C2)C3)C(=O)CCC2CCCC2)C1O. The zero-order valence-electron chi connectivity index (χ0n) is 26.9. The van der Waals surface area contributed by atoms with Crippen LogP contribution in [0.3, 0.4) is 0 Å². The lowest BCUT2D eigenvalue weighted by Gasteiger charge is -2.58. The summed E-state index contributed by atoms with van der Waals surface area (Å²) >= 11 is 2.08. The fourth-order valence-corrected chi connectivity index (χ4v) is 10.6. The van der Waals surface area contributed by atoms with E-state index in [4.69, 9.17) is 9.47 Å². The van der Waals surface area contributed by atoms with E-state index in [-0.39, 0.29) is 36.8 Å². The van der Waals surface area contributed by atoms with E-state index in [0.29, 0.717) is 45.1 Å². The van der Waals surface area contributed by atoms with Crippen molar-refractivity contribution in [3.05, 3.63) is 32.9 Å². The van der Waals surface area contributed by atoms with Crippen LogP contribution in [-0.4, -0.2) is 78.3 Å². The van der Waals surface area contributed by atoms with Gasteiger partial charge in [0.25, 0.3) is 0 Å². The minimum Gasteiger partial charge on any atom is -0.493 e. The number of nitrogens with zero attached hydrogens (tertiary/aromatic N) is 1. The van der Waals surface area contributed by atoms with Crippen LogP contribution in [0.2, 0.25) is 0 Å². The first-order valence-electron chi connectivity index (χ1n) is 17.3. The molecule has 9 nitrogen and oxygen atoms in total. The van der Waals surface area contributed by atoms with Gasteiger partial charge in [-0.1, -0.05) is 25.7 Å². The molecule has 7 rings (SSSR count). The molecule has 46 heavy (non-hydrogen) atoms. The normalized spacial score (nSPS) is 31.8. The smallest absolute Gasteiger partial charge is 0.247 e. The van der Waals surface area contributed by atoms with Gasteiger partial charge in [-0.25, -0.2) is 0 Å². The largest absolute Gasteiger partial charge is 0.493 e. The molecular formula is C36H49IN2O7. The van der Waals surface area contributed by atoms with E-state index in [1.54, 1.807) is 18.2 Å². The number of rotatable bonds is 13. The zero-order valence-corrected chi connectivity index (χ0v) is 29.1. The molecule has 3 N–H and O–H groups in total. The summed E-state index contributed by atoms with van der Waals surface area (Å²) in [6.07, 6.45) is 14.0. The molecule has 0 saturated heterocycles. The number of aliphatic hydroxyl groups is 2. The Labute approximate surface area is 286 Å². The second-order valence-electron chi connectivity index (χ2n) is 14.8. The van der Waals surface area contributed by atoms with Crippen LogP contribution in [-0.2, 0) is 9.59 Å². The van der Waals surface area contributed by atoms with E-state index in [2.05, 4.69) is 27.9 Å². The molecule has 0 spiro atoms. The van der Waals surface area contributed by atoms with Gasteiger partial charge in [-0.05, 0) is 115 Å². The summed E-state index contributed by atoms with van der Waals surface area (Å²) in [7, 11) is 1.49. The number of methoxy groups -OCH3 is 1. The maximum absolute atomic E-state index is 14.4. The van der Waals surface area contributed by atoms with Gasteiger partial charge in [-0.15, -0.1) is 0 Å². The molecule has 1 aromatic carbocycles.